The van der Waals surface area contributed by atoms with Gasteiger partial charge in [-0.1, -0.05) is 30.3 Å². The predicted molar refractivity (Wildman–Crippen MR) is 82.6 cm³/mol. The van der Waals surface area contributed by atoms with Crippen LogP contribution in [0.4, 0.5) is 0 Å². The fourth-order valence-corrected chi connectivity index (χ4v) is 2.20. The number of benzene rings is 1. The standard InChI is InChI=1S/C17H22N2O/c1-3-20-12-15(18)10-14-8-9-17(19-11-14)16-7-5-4-6-13(16)2/h4-9,11,15H,3,10,12,18H2,1-2H3. The van der Waals surface area contributed by atoms with Gasteiger partial charge in [0.1, 0.15) is 0 Å². The van der Waals surface area contributed by atoms with Crippen LogP contribution in [0.2, 0.25) is 0 Å². The van der Waals surface area contributed by atoms with Gasteiger partial charge in [-0.15, -0.1) is 0 Å². The zero-order valence-corrected chi connectivity index (χ0v) is 12.2. The van der Waals surface area contributed by atoms with Crippen LogP contribution in [-0.2, 0) is 11.2 Å². The Bertz CT molecular complexity index is 537. The lowest BCUT2D eigenvalue weighted by Gasteiger charge is -2.11. The fourth-order valence-electron chi connectivity index (χ4n) is 2.20. The minimum Gasteiger partial charge on any atom is -0.380 e. The van der Waals surface area contributed by atoms with Crippen molar-refractivity contribution < 1.29 is 4.74 Å². The summed E-state index contributed by atoms with van der Waals surface area (Å²) in [5.74, 6) is 0. The largest absolute Gasteiger partial charge is 0.380 e. The lowest BCUT2D eigenvalue weighted by atomic mass is 10.0. The molecule has 2 rings (SSSR count). The summed E-state index contributed by atoms with van der Waals surface area (Å²) in [5.41, 5.74) is 10.6. The zero-order chi connectivity index (χ0) is 14.4. The number of nitrogens with zero attached hydrogens (tertiary/aromatic N) is 1. The molecule has 1 heterocycles. The number of rotatable bonds is 6. The van der Waals surface area contributed by atoms with Crippen molar-refractivity contribution in [2.45, 2.75) is 26.3 Å². The molecular formula is C17H22N2O. The number of hydrogen-bond acceptors (Lipinski definition) is 3. The molecule has 3 heteroatoms. The molecule has 0 amide bonds. The molecule has 0 aliphatic heterocycles. The van der Waals surface area contributed by atoms with Crippen molar-refractivity contribution in [2.75, 3.05) is 13.2 Å². The molecule has 20 heavy (non-hydrogen) atoms. The summed E-state index contributed by atoms with van der Waals surface area (Å²) in [4.78, 5) is 4.55. The molecule has 0 saturated heterocycles. The molecule has 1 unspecified atom stereocenters. The number of aromatic nitrogens is 1. The van der Waals surface area contributed by atoms with Crippen LogP contribution in [0, 0.1) is 6.92 Å². The van der Waals surface area contributed by atoms with E-state index in [2.05, 4.69) is 36.2 Å². The molecule has 0 radical (unpaired) electrons. The van der Waals surface area contributed by atoms with Gasteiger partial charge < -0.3 is 10.5 Å². The van der Waals surface area contributed by atoms with Crippen LogP contribution in [0.1, 0.15) is 18.1 Å². The summed E-state index contributed by atoms with van der Waals surface area (Å²) in [5, 5.41) is 0. The van der Waals surface area contributed by atoms with E-state index >= 15 is 0 Å². The summed E-state index contributed by atoms with van der Waals surface area (Å²) in [6.07, 6.45) is 2.70. The van der Waals surface area contributed by atoms with Crippen molar-refractivity contribution in [1.29, 1.82) is 0 Å². The Morgan fingerprint density at radius 3 is 2.65 bits per heavy atom. The van der Waals surface area contributed by atoms with Crippen molar-refractivity contribution >= 4 is 0 Å². The minimum absolute atomic E-state index is 0.0288. The highest BCUT2D eigenvalue weighted by Crippen LogP contribution is 2.21. The monoisotopic (exact) mass is 270 g/mol. The molecule has 3 nitrogen and oxygen atoms in total. The maximum atomic E-state index is 6.01. The molecule has 0 aliphatic carbocycles. The first-order valence-corrected chi connectivity index (χ1v) is 7.05. The Hall–Kier alpha value is -1.71. The number of aryl methyl sites for hydroxylation is 1. The van der Waals surface area contributed by atoms with Gasteiger partial charge in [0.05, 0.1) is 12.3 Å². The van der Waals surface area contributed by atoms with Crippen molar-refractivity contribution in [2.24, 2.45) is 5.73 Å². The highest BCUT2D eigenvalue weighted by Gasteiger charge is 2.06. The van der Waals surface area contributed by atoms with Gasteiger partial charge in [-0.2, -0.15) is 0 Å². The van der Waals surface area contributed by atoms with Crippen LogP contribution in [0.25, 0.3) is 11.3 Å². The molecular weight excluding hydrogens is 248 g/mol. The maximum absolute atomic E-state index is 6.01. The molecule has 1 aromatic heterocycles. The van der Waals surface area contributed by atoms with E-state index in [4.69, 9.17) is 10.5 Å². The fraction of sp³-hybridized carbons (Fsp3) is 0.353. The first kappa shape index (κ1) is 14.7. The minimum atomic E-state index is 0.0288. The molecule has 2 N–H and O–H groups in total. The van der Waals surface area contributed by atoms with Gasteiger partial charge in [0.15, 0.2) is 0 Å². The molecule has 1 atom stereocenters. The van der Waals surface area contributed by atoms with Gasteiger partial charge >= 0.3 is 0 Å². The van der Waals surface area contributed by atoms with E-state index in [1.165, 1.54) is 11.1 Å². The van der Waals surface area contributed by atoms with E-state index in [0.29, 0.717) is 13.2 Å². The molecule has 106 valence electrons. The third-order valence-electron chi connectivity index (χ3n) is 3.28. The van der Waals surface area contributed by atoms with Crippen LogP contribution >= 0.6 is 0 Å². The molecule has 0 spiro atoms. The summed E-state index contributed by atoms with van der Waals surface area (Å²) < 4.78 is 5.33. The van der Waals surface area contributed by atoms with Gasteiger partial charge in [0.2, 0.25) is 0 Å². The van der Waals surface area contributed by atoms with Gasteiger partial charge in [-0.25, -0.2) is 0 Å². The van der Waals surface area contributed by atoms with Crippen molar-refractivity contribution in [3.63, 3.8) is 0 Å². The Morgan fingerprint density at radius 1 is 1.20 bits per heavy atom. The first-order valence-electron chi connectivity index (χ1n) is 7.05. The number of ether oxygens (including phenoxy) is 1. The van der Waals surface area contributed by atoms with Crippen LogP contribution in [-0.4, -0.2) is 24.2 Å². The summed E-state index contributed by atoms with van der Waals surface area (Å²) in [6, 6.07) is 12.5. The van der Waals surface area contributed by atoms with E-state index in [0.717, 1.165) is 17.7 Å². The third kappa shape index (κ3) is 3.89. The van der Waals surface area contributed by atoms with Gasteiger partial charge in [-0.05, 0) is 37.5 Å². The second kappa shape index (κ2) is 7.17. The normalized spacial score (nSPS) is 12.3. The van der Waals surface area contributed by atoms with Crippen molar-refractivity contribution in [1.82, 2.24) is 4.98 Å². The summed E-state index contributed by atoms with van der Waals surface area (Å²) >= 11 is 0. The lowest BCUT2D eigenvalue weighted by molar-refractivity contribution is 0.133. The van der Waals surface area contributed by atoms with Crippen LogP contribution in [0.15, 0.2) is 42.6 Å². The van der Waals surface area contributed by atoms with E-state index in [1.54, 1.807) is 0 Å². The number of hydrogen-bond donors (Lipinski definition) is 1. The molecule has 1 aromatic carbocycles. The van der Waals surface area contributed by atoms with Gasteiger partial charge in [0, 0.05) is 24.4 Å². The van der Waals surface area contributed by atoms with Crippen molar-refractivity contribution in [3.05, 3.63) is 53.7 Å². The van der Waals surface area contributed by atoms with Crippen LogP contribution in [0.5, 0.6) is 0 Å². The second-order valence-electron chi connectivity index (χ2n) is 4.99. The molecule has 2 aromatic rings. The highest BCUT2D eigenvalue weighted by atomic mass is 16.5. The summed E-state index contributed by atoms with van der Waals surface area (Å²) in [7, 11) is 0. The Balaban J connectivity index is 2.05. The molecule has 0 bridgehead atoms. The molecule has 0 fully saturated rings. The average Bonchev–Trinajstić information content (AvgIpc) is 2.47. The first-order chi connectivity index (χ1) is 9.70. The Kier molecular flexibility index (Phi) is 5.27. The smallest absolute Gasteiger partial charge is 0.0704 e. The number of pyridine rings is 1. The predicted octanol–water partition coefficient (Wildman–Crippen LogP) is 2.96. The van der Waals surface area contributed by atoms with Crippen LogP contribution in [0.3, 0.4) is 0 Å². The van der Waals surface area contributed by atoms with E-state index < -0.39 is 0 Å². The highest BCUT2D eigenvalue weighted by molar-refractivity contribution is 5.63. The van der Waals surface area contributed by atoms with E-state index in [9.17, 15) is 0 Å². The van der Waals surface area contributed by atoms with E-state index in [1.807, 2.05) is 25.3 Å². The maximum Gasteiger partial charge on any atom is 0.0704 e. The topological polar surface area (TPSA) is 48.1 Å². The molecule has 0 aliphatic rings. The molecule has 0 saturated carbocycles. The summed E-state index contributed by atoms with van der Waals surface area (Å²) in [6.45, 7) is 5.38. The SMILES string of the molecule is CCOCC(N)Cc1ccc(-c2ccccc2C)nc1. The lowest BCUT2D eigenvalue weighted by Crippen LogP contribution is -2.28. The zero-order valence-electron chi connectivity index (χ0n) is 12.2. The van der Waals surface area contributed by atoms with Gasteiger partial charge in [0.25, 0.3) is 0 Å². The quantitative estimate of drug-likeness (QED) is 0.878. The second-order valence-corrected chi connectivity index (χ2v) is 4.99. The number of nitrogens with two attached hydrogens (primary N) is 1. The van der Waals surface area contributed by atoms with Crippen molar-refractivity contribution in [3.8, 4) is 11.3 Å². The third-order valence-corrected chi connectivity index (χ3v) is 3.28. The van der Waals surface area contributed by atoms with Gasteiger partial charge in [-0.3, -0.25) is 4.98 Å². The van der Waals surface area contributed by atoms with Crippen LogP contribution < -0.4 is 5.73 Å². The Labute approximate surface area is 120 Å². The van der Waals surface area contributed by atoms with E-state index in [-0.39, 0.29) is 6.04 Å². The average molecular weight is 270 g/mol. The Morgan fingerprint density at radius 2 is 2.00 bits per heavy atom.